The molecule has 1 aromatic carbocycles. The zero-order valence-electron chi connectivity index (χ0n) is 12.5. The van der Waals surface area contributed by atoms with Crippen LogP contribution in [0.2, 0.25) is 0 Å². The SMILES string of the molecule is CN(CC(=O)NC1CCCCC1)c1cccc(C(N)=S)c1. The van der Waals surface area contributed by atoms with Crippen LogP contribution in [0.1, 0.15) is 37.7 Å². The van der Waals surface area contributed by atoms with E-state index in [0.717, 1.165) is 24.1 Å². The van der Waals surface area contributed by atoms with Gasteiger partial charge in [0.2, 0.25) is 5.91 Å². The maximum absolute atomic E-state index is 12.1. The van der Waals surface area contributed by atoms with Crippen LogP contribution in [0.15, 0.2) is 24.3 Å². The minimum absolute atomic E-state index is 0.0742. The van der Waals surface area contributed by atoms with Gasteiger partial charge in [0, 0.05) is 24.3 Å². The summed E-state index contributed by atoms with van der Waals surface area (Å²) in [7, 11) is 1.90. The van der Waals surface area contributed by atoms with Gasteiger partial charge >= 0.3 is 0 Å². The third kappa shape index (κ3) is 4.70. The fourth-order valence-electron chi connectivity index (χ4n) is 2.72. The molecule has 114 valence electrons. The number of rotatable bonds is 5. The number of nitrogens with one attached hydrogen (secondary N) is 1. The lowest BCUT2D eigenvalue weighted by Gasteiger charge is -2.25. The Labute approximate surface area is 131 Å². The third-order valence-corrected chi connectivity index (χ3v) is 4.16. The lowest BCUT2D eigenvalue weighted by atomic mass is 9.95. The van der Waals surface area contributed by atoms with Gasteiger partial charge in [-0.25, -0.2) is 0 Å². The summed E-state index contributed by atoms with van der Waals surface area (Å²) in [5, 5.41) is 3.13. The van der Waals surface area contributed by atoms with Crippen LogP contribution in [0.4, 0.5) is 5.69 Å². The molecule has 1 aliphatic carbocycles. The summed E-state index contributed by atoms with van der Waals surface area (Å²) in [6.07, 6.45) is 5.93. The zero-order valence-corrected chi connectivity index (χ0v) is 13.3. The van der Waals surface area contributed by atoms with Crippen LogP contribution in [-0.2, 0) is 4.79 Å². The van der Waals surface area contributed by atoms with Gasteiger partial charge in [0.15, 0.2) is 0 Å². The molecule has 1 amide bonds. The number of amides is 1. The zero-order chi connectivity index (χ0) is 15.2. The minimum Gasteiger partial charge on any atom is -0.389 e. The van der Waals surface area contributed by atoms with Crippen molar-refractivity contribution in [3.05, 3.63) is 29.8 Å². The molecule has 0 spiro atoms. The van der Waals surface area contributed by atoms with Gasteiger partial charge in [0.05, 0.1) is 6.54 Å². The number of nitrogens with zero attached hydrogens (tertiary/aromatic N) is 1. The highest BCUT2D eigenvalue weighted by Crippen LogP contribution is 2.18. The molecule has 0 heterocycles. The van der Waals surface area contributed by atoms with Crippen LogP contribution in [0.3, 0.4) is 0 Å². The number of benzene rings is 1. The van der Waals surface area contributed by atoms with Crippen LogP contribution >= 0.6 is 12.2 Å². The number of carbonyl (C=O) groups is 1. The molecular formula is C16H23N3OS. The predicted octanol–water partition coefficient (Wildman–Crippen LogP) is 2.21. The normalized spacial score (nSPS) is 15.5. The second kappa shape index (κ2) is 7.41. The van der Waals surface area contributed by atoms with Crippen LogP contribution in [0.25, 0.3) is 0 Å². The Balaban J connectivity index is 1.90. The van der Waals surface area contributed by atoms with E-state index < -0.39 is 0 Å². The van der Waals surface area contributed by atoms with Gasteiger partial charge in [0.1, 0.15) is 4.99 Å². The second-order valence-corrected chi connectivity index (χ2v) is 6.11. The van der Waals surface area contributed by atoms with E-state index in [0.29, 0.717) is 17.6 Å². The van der Waals surface area contributed by atoms with Crippen LogP contribution in [0.5, 0.6) is 0 Å². The van der Waals surface area contributed by atoms with Crippen molar-refractivity contribution in [2.75, 3.05) is 18.5 Å². The lowest BCUT2D eigenvalue weighted by Crippen LogP contribution is -2.41. The molecule has 0 atom stereocenters. The van der Waals surface area contributed by atoms with Crippen molar-refractivity contribution in [1.82, 2.24) is 5.32 Å². The lowest BCUT2D eigenvalue weighted by molar-refractivity contribution is -0.120. The minimum atomic E-state index is 0.0742. The highest BCUT2D eigenvalue weighted by atomic mass is 32.1. The van der Waals surface area contributed by atoms with Gasteiger partial charge in [-0.15, -0.1) is 0 Å². The van der Waals surface area contributed by atoms with Crippen LogP contribution in [-0.4, -0.2) is 30.5 Å². The molecule has 5 heteroatoms. The second-order valence-electron chi connectivity index (χ2n) is 5.67. The molecule has 0 aliphatic heterocycles. The van der Waals surface area contributed by atoms with E-state index >= 15 is 0 Å². The van der Waals surface area contributed by atoms with Crippen molar-refractivity contribution in [2.24, 2.45) is 5.73 Å². The summed E-state index contributed by atoms with van der Waals surface area (Å²) in [5.41, 5.74) is 7.41. The van der Waals surface area contributed by atoms with Gasteiger partial charge in [-0.1, -0.05) is 43.6 Å². The average molecular weight is 305 g/mol. The van der Waals surface area contributed by atoms with Crippen molar-refractivity contribution >= 4 is 28.8 Å². The molecule has 0 saturated heterocycles. The van der Waals surface area contributed by atoms with E-state index in [-0.39, 0.29) is 5.91 Å². The van der Waals surface area contributed by atoms with E-state index in [1.165, 1.54) is 19.3 Å². The van der Waals surface area contributed by atoms with Crippen molar-refractivity contribution in [2.45, 2.75) is 38.1 Å². The predicted molar refractivity (Wildman–Crippen MR) is 90.6 cm³/mol. The molecule has 21 heavy (non-hydrogen) atoms. The van der Waals surface area contributed by atoms with Crippen LogP contribution in [0, 0.1) is 0 Å². The fourth-order valence-corrected chi connectivity index (χ4v) is 2.85. The Morgan fingerprint density at radius 3 is 2.76 bits per heavy atom. The summed E-state index contributed by atoms with van der Waals surface area (Å²) in [4.78, 5) is 14.4. The Morgan fingerprint density at radius 2 is 2.10 bits per heavy atom. The molecule has 4 nitrogen and oxygen atoms in total. The molecule has 1 fully saturated rings. The highest BCUT2D eigenvalue weighted by Gasteiger charge is 2.16. The molecule has 1 aromatic rings. The summed E-state index contributed by atoms with van der Waals surface area (Å²) in [6, 6.07) is 8.00. The molecule has 0 bridgehead atoms. The van der Waals surface area contributed by atoms with Gasteiger partial charge in [-0.2, -0.15) is 0 Å². The molecule has 0 aromatic heterocycles. The van der Waals surface area contributed by atoms with Crippen molar-refractivity contribution in [3.8, 4) is 0 Å². The number of anilines is 1. The van der Waals surface area contributed by atoms with E-state index in [1.54, 1.807) is 0 Å². The molecule has 0 unspecified atom stereocenters. The molecule has 1 aliphatic rings. The van der Waals surface area contributed by atoms with Gasteiger partial charge in [-0.3, -0.25) is 4.79 Å². The Hall–Kier alpha value is -1.62. The summed E-state index contributed by atoms with van der Waals surface area (Å²) >= 11 is 4.98. The summed E-state index contributed by atoms with van der Waals surface area (Å²) in [6.45, 7) is 0.345. The largest absolute Gasteiger partial charge is 0.389 e. The number of hydrogen-bond donors (Lipinski definition) is 2. The Bertz CT molecular complexity index is 512. The average Bonchev–Trinajstić information content (AvgIpc) is 2.48. The standard InChI is InChI=1S/C16H23N3OS/c1-19(14-9-5-6-12(10-14)16(17)21)11-15(20)18-13-7-3-2-4-8-13/h5-6,9-10,13H,2-4,7-8,11H2,1H3,(H2,17,21)(H,18,20). The monoisotopic (exact) mass is 305 g/mol. The molecule has 2 rings (SSSR count). The maximum atomic E-state index is 12.1. The first-order chi connectivity index (χ1) is 10.1. The number of carbonyl (C=O) groups excluding carboxylic acids is 1. The van der Waals surface area contributed by atoms with E-state index in [4.69, 9.17) is 18.0 Å². The molecular weight excluding hydrogens is 282 g/mol. The van der Waals surface area contributed by atoms with Gasteiger partial charge in [-0.05, 0) is 25.0 Å². The molecule has 3 N–H and O–H groups in total. The third-order valence-electron chi connectivity index (χ3n) is 3.92. The van der Waals surface area contributed by atoms with Crippen molar-refractivity contribution in [3.63, 3.8) is 0 Å². The highest BCUT2D eigenvalue weighted by molar-refractivity contribution is 7.80. The van der Waals surface area contributed by atoms with Crippen LogP contribution < -0.4 is 16.0 Å². The number of thiocarbonyl (C=S) groups is 1. The number of hydrogen-bond acceptors (Lipinski definition) is 3. The smallest absolute Gasteiger partial charge is 0.239 e. The van der Waals surface area contributed by atoms with E-state index in [2.05, 4.69) is 5.32 Å². The van der Waals surface area contributed by atoms with Gasteiger partial charge < -0.3 is 16.0 Å². The van der Waals surface area contributed by atoms with E-state index in [9.17, 15) is 4.79 Å². The summed E-state index contributed by atoms with van der Waals surface area (Å²) in [5.74, 6) is 0.0742. The fraction of sp³-hybridized carbons (Fsp3) is 0.500. The molecule has 0 radical (unpaired) electrons. The van der Waals surface area contributed by atoms with Crippen molar-refractivity contribution in [1.29, 1.82) is 0 Å². The van der Waals surface area contributed by atoms with Gasteiger partial charge in [0.25, 0.3) is 0 Å². The first-order valence-electron chi connectivity index (χ1n) is 7.46. The van der Waals surface area contributed by atoms with E-state index in [1.807, 2.05) is 36.2 Å². The molecule has 1 saturated carbocycles. The number of nitrogens with two attached hydrogens (primary N) is 1. The number of likely N-dealkylation sites (N-methyl/N-ethyl adjacent to an activating group) is 1. The first kappa shape index (κ1) is 15.8. The summed E-state index contributed by atoms with van der Waals surface area (Å²) < 4.78 is 0. The topological polar surface area (TPSA) is 58.4 Å². The first-order valence-corrected chi connectivity index (χ1v) is 7.87. The quantitative estimate of drug-likeness (QED) is 0.819. The Kier molecular flexibility index (Phi) is 5.56. The Morgan fingerprint density at radius 1 is 1.38 bits per heavy atom. The van der Waals surface area contributed by atoms with Crippen molar-refractivity contribution < 1.29 is 4.79 Å². The maximum Gasteiger partial charge on any atom is 0.239 e.